The lowest BCUT2D eigenvalue weighted by Crippen LogP contribution is -2.25. The Morgan fingerprint density at radius 2 is 1.79 bits per heavy atom. The lowest BCUT2D eigenvalue weighted by Gasteiger charge is -2.06. The molecule has 0 heterocycles. The number of aliphatic carboxylic acids is 1. The van der Waals surface area contributed by atoms with Crippen molar-refractivity contribution in [1.29, 1.82) is 0 Å². The predicted octanol–water partition coefficient (Wildman–Crippen LogP) is 0.949. The number of esters is 1. The van der Waals surface area contributed by atoms with Gasteiger partial charge in [0.2, 0.25) is 5.91 Å². The lowest BCUT2D eigenvalue weighted by atomic mass is 10.2. The minimum atomic E-state index is -1.02. The molecule has 0 aliphatic carbocycles. The molecule has 0 spiro atoms. The molecule has 0 unspecified atom stereocenters. The highest BCUT2D eigenvalue weighted by atomic mass is 16.5. The van der Waals surface area contributed by atoms with Gasteiger partial charge in [0.25, 0.3) is 5.91 Å². The molecule has 1 rings (SSSR count). The molecule has 24 heavy (non-hydrogen) atoms. The third-order valence-corrected chi connectivity index (χ3v) is 2.91. The molecule has 0 aliphatic rings. The van der Waals surface area contributed by atoms with Gasteiger partial charge in [-0.25, -0.2) is 4.79 Å². The monoisotopic (exact) mass is 334 g/mol. The van der Waals surface area contributed by atoms with Crippen LogP contribution in [0.5, 0.6) is 0 Å². The zero-order valence-electron chi connectivity index (χ0n) is 13.3. The van der Waals surface area contributed by atoms with Crippen molar-refractivity contribution in [1.82, 2.24) is 5.32 Å². The minimum absolute atomic E-state index is 0.0193. The molecule has 0 saturated carbocycles. The summed E-state index contributed by atoms with van der Waals surface area (Å²) in [5.41, 5.74) is 0.951. The van der Waals surface area contributed by atoms with E-state index in [0.717, 1.165) is 6.08 Å². The van der Waals surface area contributed by atoms with Crippen molar-refractivity contribution in [3.8, 4) is 0 Å². The molecule has 0 radical (unpaired) electrons. The van der Waals surface area contributed by atoms with E-state index >= 15 is 0 Å². The summed E-state index contributed by atoms with van der Waals surface area (Å²) in [6.45, 7) is 1.43. The molecular weight excluding hydrogens is 316 g/mol. The van der Waals surface area contributed by atoms with E-state index < -0.39 is 23.8 Å². The largest absolute Gasteiger partial charge is 0.481 e. The van der Waals surface area contributed by atoms with E-state index in [1.54, 1.807) is 0 Å². The van der Waals surface area contributed by atoms with Gasteiger partial charge in [-0.15, -0.1) is 0 Å². The molecule has 0 aromatic heterocycles. The van der Waals surface area contributed by atoms with Crippen LogP contribution >= 0.6 is 0 Å². The molecule has 0 saturated heterocycles. The smallest absolute Gasteiger partial charge is 0.337 e. The molecule has 1 aromatic carbocycles. The van der Waals surface area contributed by atoms with Crippen LogP contribution in [0.4, 0.5) is 5.69 Å². The summed E-state index contributed by atoms with van der Waals surface area (Å²) in [5.74, 6) is -2.55. The van der Waals surface area contributed by atoms with Crippen molar-refractivity contribution >= 4 is 29.4 Å². The first-order valence-corrected chi connectivity index (χ1v) is 7.01. The molecule has 8 nitrogen and oxygen atoms in total. The summed E-state index contributed by atoms with van der Waals surface area (Å²) < 4.78 is 4.57. The molecule has 3 N–H and O–H groups in total. The molecular formula is C16H18N2O6. The summed E-state index contributed by atoms with van der Waals surface area (Å²) in [6.07, 6.45) is 0.886. The quantitative estimate of drug-likeness (QED) is 0.504. The Kier molecular flexibility index (Phi) is 7.15. The first-order valence-electron chi connectivity index (χ1n) is 7.01. The summed E-state index contributed by atoms with van der Waals surface area (Å²) in [6, 6.07) is 6.06. The third-order valence-electron chi connectivity index (χ3n) is 2.91. The van der Waals surface area contributed by atoms with E-state index in [0.29, 0.717) is 11.3 Å². The van der Waals surface area contributed by atoms with E-state index in [-0.39, 0.29) is 18.5 Å². The number of anilines is 1. The van der Waals surface area contributed by atoms with Crippen LogP contribution in [0.25, 0.3) is 0 Å². The number of hydrogen-bond acceptors (Lipinski definition) is 5. The van der Waals surface area contributed by atoms with Crippen LogP contribution in [0, 0.1) is 0 Å². The number of hydrogen-bond donors (Lipinski definition) is 3. The van der Waals surface area contributed by atoms with E-state index in [9.17, 15) is 19.2 Å². The Bertz CT molecular complexity index is 664. The number of nitrogens with one attached hydrogen (secondary N) is 2. The number of carboxylic acid groups (broad SMARTS) is 1. The second-order valence-electron chi connectivity index (χ2n) is 4.79. The van der Waals surface area contributed by atoms with Crippen LogP contribution < -0.4 is 10.6 Å². The summed E-state index contributed by atoms with van der Waals surface area (Å²) in [5, 5.41) is 13.4. The van der Waals surface area contributed by atoms with Crippen molar-refractivity contribution in [3.63, 3.8) is 0 Å². The molecule has 0 fully saturated rings. The van der Waals surface area contributed by atoms with Crippen LogP contribution in [-0.2, 0) is 19.1 Å². The predicted molar refractivity (Wildman–Crippen MR) is 85.4 cm³/mol. The Balaban J connectivity index is 2.59. The number of carboxylic acids is 1. The van der Waals surface area contributed by atoms with E-state index in [2.05, 4.69) is 15.4 Å². The number of ether oxygens (including phenoxy) is 1. The van der Waals surface area contributed by atoms with Crippen LogP contribution in [0.15, 0.2) is 35.9 Å². The lowest BCUT2D eigenvalue weighted by molar-refractivity contribution is -0.136. The van der Waals surface area contributed by atoms with Crippen LogP contribution in [0.3, 0.4) is 0 Å². The zero-order valence-corrected chi connectivity index (χ0v) is 13.3. The number of amides is 2. The number of rotatable bonds is 7. The van der Waals surface area contributed by atoms with Crippen molar-refractivity contribution in [3.05, 3.63) is 41.5 Å². The Morgan fingerprint density at radius 3 is 2.33 bits per heavy atom. The van der Waals surface area contributed by atoms with Gasteiger partial charge in [0.1, 0.15) is 0 Å². The Labute approximate surface area is 138 Å². The SMILES string of the molecule is COC(=O)c1ccc(NC(=O)/C(C)=C/C(=O)NCCC(=O)O)cc1. The number of methoxy groups -OCH3 is 1. The average Bonchev–Trinajstić information content (AvgIpc) is 2.54. The maximum absolute atomic E-state index is 12.0. The van der Waals surface area contributed by atoms with Gasteiger partial charge in [0.15, 0.2) is 0 Å². The summed E-state index contributed by atoms with van der Waals surface area (Å²) >= 11 is 0. The molecule has 0 bridgehead atoms. The molecule has 0 atom stereocenters. The van der Waals surface area contributed by atoms with Crippen LogP contribution in [0.1, 0.15) is 23.7 Å². The number of carbonyl (C=O) groups excluding carboxylic acids is 3. The van der Waals surface area contributed by atoms with Gasteiger partial charge < -0.3 is 20.5 Å². The fourth-order valence-electron chi connectivity index (χ4n) is 1.64. The Morgan fingerprint density at radius 1 is 1.17 bits per heavy atom. The molecule has 1 aromatic rings. The topological polar surface area (TPSA) is 122 Å². The highest BCUT2D eigenvalue weighted by Crippen LogP contribution is 2.11. The standard InChI is InChI=1S/C16H18N2O6/c1-10(9-13(19)17-8-7-14(20)21)15(22)18-12-5-3-11(4-6-12)16(23)24-2/h3-6,9H,7-8H2,1-2H3,(H,17,19)(H,18,22)(H,20,21)/b10-9+. The fourth-order valence-corrected chi connectivity index (χ4v) is 1.64. The number of carbonyl (C=O) groups is 4. The molecule has 0 aliphatic heterocycles. The van der Waals surface area contributed by atoms with Gasteiger partial charge in [-0.2, -0.15) is 0 Å². The van der Waals surface area contributed by atoms with Gasteiger partial charge in [0.05, 0.1) is 19.1 Å². The van der Waals surface area contributed by atoms with Gasteiger partial charge in [0, 0.05) is 23.9 Å². The van der Waals surface area contributed by atoms with E-state index in [4.69, 9.17) is 5.11 Å². The van der Waals surface area contributed by atoms with Crippen molar-refractivity contribution in [2.45, 2.75) is 13.3 Å². The minimum Gasteiger partial charge on any atom is -0.481 e. The number of benzene rings is 1. The van der Waals surface area contributed by atoms with E-state index in [1.807, 2.05) is 0 Å². The van der Waals surface area contributed by atoms with Crippen molar-refractivity contribution in [2.24, 2.45) is 0 Å². The first kappa shape index (κ1) is 18.9. The van der Waals surface area contributed by atoms with Crippen LogP contribution in [0.2, 0.25) is 0 Å². The Hall–Kier alpha value is -3.16. The maximum Gasteiger partial charge on any atom is 0.337 e. The van der Waals surface area contributed by atoms with Gasteiger partial charge >= 0.3 is 11.9 Å². The molecule has 128 valence electrons. The van der Waals surface area contributed by atoms with Crippen LogP contribution in [-0.4, -0.2) is 42.5 Å². The normalized spacial score (nSPS) is 10.7. The van der Waals surface area contributed by atoms with Crippen molar-refractivity contribution in [2.75, 3.05) is 19.0 Å². The van der Waals surface area contributed by atoms with Crippen molar-refractivity contribution < 1.29 is 29.0 Å². The third kappa shape index (κ3) is 6.30. The average molecular weight is 334 g/mol. The van der Waals surface area contributed by atoms with Gasteiger partial charge in [-0.1, -0.05) is 0 Å². The summed E-state index contributed by atoms with van der Waals surface area (Å²) in [7, 11) is 1.27. The molecule has 8 heteroatoms. The second-order valence-corrected chi connectivity index (χ2v) is 4.79. The maximum atomic E-state index is 12.0. The fraction of sp³-hybridized carbons (Fsp3) is 0.250. The summed E-state index contributed by atoms with van der Waals surface area (Å²) in [4.78, 5) is 45.1. The zero-order chi connectivity index (χ0) is 18.1. The second kappa shape index (κ2) is 9.09. The highest BCUT2D eigenvalue weighted by molar-refractivity contribution is 6.07. The molecule has 2 amide bonds. The van der Waals surface area contributed by atoms with E-state index in [1.165, 1.54) is 38.3 Å². The van der Waals surface area contributed by atoms with Gasteiger partial charge in [-0.3, -0.25) is 14.4 Å². The first-order chi connectivity index (χ1) is 11.3. The van der Waals surface area contributed by atoms with Gasteiger partial charge in [-0.05, 0) is 31.2 Å². The highest BCUT2D eigenvalue weighted by Gasteiger charge is 2.09.